The highest BCUT2D eigenvalue weighted by atomic mass is 14.5. The van der Waals surface area contributed by atoms with E-state index in [1.807, 2.05) is 0 Å². The Bertz CT molecular complexity index is 657. The molecule has 0 heteroatoms. The van der Waals surface area contributed by atoms with Gasteiger partial charge in [-0.15, -0.1) is 6.42 Å². The number of allylic oxidation sites excluding steroid dienone is 2. The largest absolute Gasteiger partial charge is 0.119 e. The van der Waals surface area contributed by atoms with E-state index in [1.54, 1.807) is 11.1 Å². The van der Waals surface area contributed by atoms with E-state index in [9.17, 15) is 0 Å². The second-order valence-corrected chi connectivity index (χ2v) is 7.39. The summed E-state index contributed by atoms with van der Waals surface area (Å²) in [5.41, 5.74) is 6.20. The van der Waals surface area contributed by atoms with Crippen molar-refractivity contribution in [3.63, 3.8) is 0 Å². The minimum Gasteiger partial charge on any atom is -0.119 e. The third-order valence-corrected chi connectivity index (χ3v) is 6.60. The second-order valence-electron chi connectivity index (χ2n) is 7.39. The molecule has 4 unspecified atom stereocenters. The average molecular weight is 276 g/mol. The van der Waals surface area contributed by atoms with Gasteiger partial charge in [0.25, 0.3) is 0 Å². The standard InChI is InChI=1S/C21H24/c1-4-21-12-11-18-17-8-5-14(2)13-16(17)7-9-19(18)20(21)10-6-15(21)3/h1,5-6,8,13,18-20H,7,9-12H2,2-3H3. The summed E-state index contributed by atoms with van der Waals surface area (Å²) in [6.07, 6.45) is 14.7. The van der Waals surface area contributed by atoms with Crippen molar-refractivity contribution in [1.29, 1.82) is 0 Å². The van der Waals surface area contributed by atoms with Gasteiger partial charge < -0.3 is 0 Å². The third-order valence-electron chi connectivity index (χ3n) is 6.60. The van der Waals surface area contributed by atoms with Crippen LogP contribution < -0.4 is 0 Å². The quantitative estimate of drug-likeness (QED) is 0.461. The van der Waals surface area contributed by atoms with Crippen LogP contribution in [-0.4, -0.2) is 0 Å². The van der Waals surface area contributed by atoms with E-state index in [-0.39, 0.29) is 5.41 Å². The zero-order valence-electron chi connectivity index (χ0n) is 13.2. The van der Waals surface area contributed by atoms with Gasteiger partial charge in [0.2, 0.25) is 0 Å². The lowest BCUT2D eigenvalue weighted by Gasteiger charge is -2.49. The second kappa shape index (κ2) is 4.51. The van der Waals surface area contributed by atoms with Crippen molar-refractivity contribution in [2.45, 2.75) is 51.9 Å². The van der Waals surface area contributed by atoms with Crippen LogP contribution in [0.2, 0.25) is 0 Å². The maximum atomic E-state index is 6.02. The van der Waals surface area contributed by atoms with Crippen molar-refractivity contribution in [3.8, 4) is 12.3 Å². The Morgan fingerprint density at radius 3 is 2.90 bits per heavy atom. The first-order valence-electron chi connectivity index (χ1n) is 8.40. The minimum absolute atomic E-state index is 0.0867. The molecule has 1 saturated carbocycles. The van der Waals surface area contributed by atoms with Crippen LogP contribution in [0.5, 0.6) is 0 Å². The van der Waals surface area contributed by atoms with Crippen LogP contribution in [0, 0.1) is 36.5 Å². The van der Waals surface area contributed by atoms with Gasteiger partial charge in [0.1, 0.15) is 0 Å². The van der Waals surface area contributed by atoms with Gasteiger partial charge in [-0.3, -0.25) is 0 Å². The predicted molar refractivity (Wildman–Crippen MR) is 88.1 cm³/mol. The molecule has 0 radical (unpaired) electrons. The molecule has 1 aromatic carbocycles. The van der Waals surface area contributed by atoms with Gasteiger partial charge in [-0.1, -0.05) is 41.3 Å². The molecule has 3 aliphatic rings. The number of aryl methyl sites for hydroxylation is 2. The van der Waals surface area contributed by atoms with Crippen LogP contribution in [0.25, 0.3) is 0 Å². The molecule has 0 heterocycles. The zero-order valence-corrected chi connectivity index (χ0v) is 13.2. The van der Waals surface area contributed by atoms with E-state index in [4.69, 9.17) is 6.42 Å². The SMILES string of the molecule is C#CC12CCC3c4ccc(C)cc4CCC3C1CC=C2C. The Morgan fingerprint density at radius 2 is 2.10 bits per heavy atom. The molecule has 1 fully saturated rings. The van der Waals surface area contributed by atoms with Gasteiger partial charge >= 0.3 is 0 Å². The summed E-state index contributed by atoms with van der Waals surface area (Å²) >= 11 is 0. The van der Waals surface area contributed by atoms with Crippen molar-refractivity contribution < 1.29 is 0 Å². The summed E-state index contributed by atoms with van der Waals surface area (Å²) in [6, 6.07) is 7.11. The molecule has 0 aliphatic heterocycles. The monoisotopic (exact) mass is 276 g/mol. The smallest absolute Gasteiger partial charge is 0.0551 e. The number of terminal acetylenes is 1. The molecule has 0 bridgehead atoms. The van der Waals surface area contributed by atoms with Crippen LogP contribution in [0.1, 0.15) is 55.2 Å². The molecule has 0 spiro atoms. The lowest BCUT2D eigenvalue weighted by atomic mass is 9.54. The van der Waals surface area contributed by atoms with Gasteiger partial charge in [-0.05, 0) is 74.8 Å². The molecule has 0 nitrogen and oxygen atoms in total. The van der Waals surface area contributed by atoms with Crippen molar-refractivity contribution in [2.75, 3.05) is 0 Å². The first kappa shape index (κ1) is 13.2. The van der Waals surface area contributed by atoms with Gasteiger partial charge in [0, 0.05) is 0 Å². The maximum Gasteiger partial charge on any atom is 0.0551 e. The highest BCUT2D eigenvalue weighted by Crippen LogP contribution is 2.60. The fraction of sp³-hybridized carbons (Fsp3) is 0.524. The Morgan fingerprint density at radius 1 is 1.24 bits per heavy atom. The molecule has 0 amide bonds. The molecule has 0 aromatic heterocycles. The van der Waals surface area contributed by atoms with Crippen molar-refractivity contribution in [3.05, 3.63) is 46.5 Å². The molecule has 1 aromatic rings. The molecule has 4 atom stereocenters. The fourth-order valence-corrected chi connectivity index (χ4v) is 5.50. The maximum absolute atomic E-state index is 6.02. The van der Waals surface area contributed by atoms with Gasteiger partial charge in [0.15, 0.2) is 0 Å². The van der Waals surface area contributed by atoms with E-state index < -0.39 is 0 Å². The van der Waals surface area contributed by atoms with Crippen LogP contribution in [0.15, 0.2) is 29.8 Å². The summed E-state index contributed by atoms with van der Waals surface area (Å²) in [5.74, 6) is 5.46. The Kier molecular flexibility index (Phi) is 2.83. The first-order chi connectivity index (χ1) is 10.2. The number of fused-ring (bicyclic) bond motifs is 5. The van der Waals surface area contributed by atoms with Gasteiger partial charge in [-0.2, -0.15) is 0 Å². The van der Waals surface area contributed by atoms with Gasteiger partial charge in [-0.25, -0.2) is 0 Å². The Balaban J connectivity index is 1.74. The Labute approximate surface area is 128 Å². The van der Waals surface area contributed by atoms with Crippen molar-refractivity contribution in [1.82, 2.24) is 0 Å². The van der Waals surface area contributed by atoms with E-state index in [1.165, 1.54) is 43.2 Å². The highest BCUT2D eigenvalue weighted by Gasteiger charge is 2.52. The molecule has 0 N–H and O–H groups in total. The molecule has 0 saturated heterocycles. The van der Waals surface area contributed by atoms with Crippen molar-refractivity contribution in [2.24, 2.45) is 17.3 Å². The van der Waals surface area contributed by atoms with Gasteiger partial charge in [0.05, 0.1) is 5.41 Å². The molecule has 3 aliphatic carbocycles. The number of rotatable bonds is 0. The topological polar surface area (TPSA) is 0 Å². The average Bonchev–Trinajstić information content (AvgIpc) is 2.84. The summed E-state index contributed by atoms with van der Waals surface area (Å²) in [4.78, 5) is 0. The lowest BCUT2D eigenvalue weighted by molar-refractivity contribution is 0.103. The zero-order chi connectivity index (χ0) is 14.6. The summed E-state index contributed by atoms with van der Waals surface area (Å²) in [7, 11) is 0. The summed E-state index contributed by atoms with van der Waals surface area (Å²) in [5, 5.41) is 0. The minimum atomic E-state index is 0.0867. The summed E-state index contributed by atoms with van der Waals surface area (Å²) < 4.78 is 0. The number of hydrogen-bond acceptors (Lipinski definition) is 0. The molecular formula is C21H24. The number of benzene rings is 1. The molecular weight excluding hydrogens is 252 g/mol. The summed E-state index contributed by atoms with van der Waals surface area (Å²) in [6.45, 7) is 4.47. The van der Waals surface area contributed by atoms with E-state index in [2.05, 4.69) is 44.0 Å². The first-order valence-corrected chi connectivity index (χ1v) is 8.40. The van der Waals surface area contributed by atoms with Crippen LogP contribution in [-0.2, 0) is 6.42 Å². The predicted octanol–water partition coefficient (Wildman–Crippen LogP) is 5.02. The molecule has 108 valence electrons. The lowest BCUT2D eigenvalue weighted by Crippen LogP contribution is -2.41. The van der Waals surface area contributed by atoms with E-state index >= 15 is 0 Å². The van der Waals surface area contributed by atoms with E-state index in [0.29, 0.717) is 5.92 Å². The third kappa shape index (κ3) is 1.70. The Hall–Kier alpha value is -1.48. The number of hydrogen-bond donors (Lipinski definition) is 0. The highest BCUT2D eigenvalue weighted by molar-refractivity contribution is 5.41. The van der Waals surface area contributed by atoms with Crippen molar-refractivity contribution >= 4 is 0 Å². The molecule has 21 heavy (non-hydrogen) atoms. The van der Waals surface area contributed by atoms with E-state index in [0.717, 1.165) is 11.8 Å². The van der Waals surface area contributed by atoms with Crippen LogP contribution in [0.4, 0.5) is 0 Å². The fourth-order valence-electron chi connectivity index (χ4n) is 5.50. The van der Waals surface area contributed by atoms with Crippen LogP contribution >= 0.6 is 0 Å². The molecule has 4 rings (SSSR count). The normalized spacial score (nSPS) is 37.0. The van der Waals surface area contributed by atoms with Crippen LogP contribution in [0.3, 0.4) is 0 Å².